The van der Waals surface area contributed by atoms with E-state index in [0.717, 1.165) is 38.5 Å². The topological polar surface area (TPSA) is 149 Å². The lowest BCUT2D eigenvalue weighted by atomic mass is 9.99. The van der Waals surface area contributed by atoms with Gasteiger partial charge in [-0.05, 0) is 19.3 Å². The molecular formula is C66H129NO8. The Morgan fingerprint density at radius 1 is 0.440 bits per heavy atom. The fourth-order valence-electron chi connectivity index (χ4n) is 11.1. The molecule has 0 aromatic heterocycles. The van der Waals surface area contributed by atoms with E-state index >= 15 is 0 Å². The molecule has 6 N–H and O–H groups in total. The first-order valence-electron chi connectivity index (χ1n) is 33.4. The first-order chi connectivity index (χ1) is 36.8. The quantitative estimate of drug-likeness (QED) is 0.0261. The van der Waals surface area contributed by atoms with Crippen molar-refractivity contribution in [2.45, 2.75) is 391 Å². The number of rotatable bonds is 59. The van der Waals surface area contributed by atoms with E-state index in [1.807, 2.05) is 6.08 Å². The van der Waals surface area contributed by atoms with Gasteiger partial charge in [0.2, 0.25) is 5.91 Å². The molecule has 75 heavy (non-hydrogen) atoms. The Hall–Kier alpha value is -1.07. The summed E-state index contributed by atoms with van der Waals surface area (Å²) >= 11 is 0. The van der Waals surface area contributed by atoms with Crippen LogP contribution < -0.4 is 5.32 Å². The minimum atomic E-state index is -1.56. The van der Waals surface area contributed by atoms with Crippen molar-refractivity contribution < 1.29 is 39.8 Å². The fourth-order valence-corrected chi connectivity index (χ4v) is 11.1. The second-order valence-electron chi connectivity index (χ2n) is 23.6. The molecule has 1 aliphatic rings. The molecule has 9 heteroatoms. The maximum atomic E-state index is 13.1. The van der Waals surface area contributed by atoms with Gasteiger partial charge in [0.05, 0.1) is 25.4 Å². The zero-order chi connectivity index (χ0) is 54.3. The number of hydrogen-bond donors (Lipinski definition) is 6. The number of aliphatic hydroxyl groups excluding tert-OH is 5. The van der Waals surface area contributed by atoms with Crippen LogP contribution in [0.4, 0.5) is 0 Å². The Balaban J connectivity index is 2.07. The van der Waals surface area contributed by atoms with Gasteiger partial charge >= 0.3 is 0 Å². The monoisotopic (exact) mass is 1060 g/mol. The van der Waals surface area contributed by atoms with Crippen molar-refractivity contribution in [3.63, 3.8) is 0 Å². The van der Waals surface area contributed by atoms with E-state index < -0.39 is 49.5 Å². The maximum absolute atomic E-state index is 13.1. The van der Waals surface area contributed by atoms with E-state index in [2.05, 4.69) is 19.2 Å². The number of aliphatic hydroxyl groups is 5. The SMILES string of the molecule is CCCCCCCCCCCCCCCCC/C=C/[C@@H](O)[C@H](CO[C@@H]1O[C@H](CO)[C@@H](O)C(O)C1O)NC(=O)CCCCCCCCCCCCCCCCCCCCCCCCCCCCCCCCCCCCC. The molecule has 1 heterocycles. The van der Waals surface area contributed by atoms with Crippen LogP contribution in [-0.2, 0) is 14.3 Å². The lowest BCUT2D eigenvalue weighted by Crippen LogP contribution is -2.60. The number of allylic oxidation sites excluding steroid dienone is 1. The molecule has 0 spiro atoms. The molecule has 1 fully saturated rings. The second kappa shape index (κ2) is 56.2. The molecule has 0 saturated carbocycles. The van der Waals surface area contributed by atoms with Crippen LogP contribution >= 0.6 is 0 Å². The largest absolute Gasteiger partial charge is 0.394 e. The number of nitrogens with one attached hydrogen (secondary N) is 1. The van der Waals surface area contributed by atoms with Gasteiger partial charge in [0.1, 0.15) is 24.4 Å². The number of amides is 1. The standard InChI is InChI=1S/C66H129NO8/c1-3-5-7-9-11-13-15-17-19-21-22-23-24-25-26-27-28-29-30-31-32-33-34-35-36-37-38-40-42-44-46-48-50-52-54-56-62(70)67-59(58-74-66-65(73)64(72)63(71)61(57-68)75-66)60(69)55-53-51-49-47-45-43-41-39-20-18-16-14-12-10-8-6-4-2/h53,55,59-61,63-66,68-69,71-73H,3-52,54,56-58H2,1-2H3,(H,67,70)/b55-53+/t59-,60+,61+,63+,64?,65?,66+/m0/s1. The molecular weight excluding hydrogens is 935 g/mol. The first-order valence-corrected chi connectivity index (χ1v) is 33.4. The molecule has 2 unspecified atom stereocenters. The van der Waals surface area contributed by atoms with Crippen molar-refractivity contribution in [1.82, 2.24) is 5.32 Å². The van der Waals surface area contributed by atoms with E-state index in [9.17, 15) is 30.3 Å². The van der Waals surface area contributed by atoms with Crippen molar-refractivity contribution in [3.8, 4) is 0 Å². The van der Waals surface area contributed by atoms with Gasteiger partial charge in [0, 0.05) is 6.42 Å². The molecule has 0 radical (unpaired) electrons. The summed E-state index contributed by atoms with van der Waals surface area (Å²) < 4.78 is 11.3. The zero-order valence-electron chi connectivity index (χ0n) is 49.8. The van der Waals surface area contributed by atoms with Crippen LogP contribution in [0.25, 0.3) is 0 Å². The molecule has 0 bridgehead atoms. The van der Waals surface area contributed by atoms with Crippen LogP contribution in [-0.4, -0.2) is 87.5 Å². The van der Waals surface area contributed by atoms with E-state index in [-0.39, 0.29) is 12.5 Å². The Kier molecular flexibility index (Phi) is 53.9. The van der Waals surface area contributed by atoms with Crippen molar-refractivity contribution in [1.29, 1.82) is 0 Å². The summed E-state index contributed by atoms with van der Waals surface area (Å²) in [6.45, 7) is 3.83. The van der Waals surface area contributed by atoms with Crippen LogP contribution in [0.15, 0.2) is 12.2 Å². The van der Waals surface area contributed by atoms with Gasteiger partial charge in [-0.15, -0.1) is 0 Å². The van der Waals surface area contributed by atoms with Crippen LogP contribution in [0.1, 0.15) is 348 Å². The summed E-state index contributed by atoms with van der Waals surface area (Å²) in [5, 5.41) is 54.6. The molecule has 0 aromatic carbocycles. The Morgan fingerprint density at radius 2 is 0.733 bits per heavy atom. The van der Waals surface area contributed by atoms with E-state index in [1.165, 1.54) is 289 Å². The molecule has 1 aliphatic heterocycles. The lowest BCUT2D eigenvalue weighted by Gasteiger charge is -2.40. The number of ether oxygens (including phenoxy) is 2. The van der Waals surface area contributed by atoms with Crippen LogP contribution in [0.5, 0.6) is 0 Å². The third-order valence-electron chi connectivity index (χ3n) is 16.4. The van der Waals surface area contributed by atoms with Crippen molar-refractivity contribution in [3.05, 3.63) is 12.2 Å². The Bertz CT molecular complexity index is 1190. The molecule has 1 rings (SSSR count). The number of unbranched alkanes of at least 4 members (excludes halogenated alkanes) is 49. The molecule has 7 atom stereocenters. The van der Waals surface area contributed by atoms with Gasteiger partial charge in [-0.25, -0.2) is 0 Å². The predicted octanol–water partition coefficient (Wildman–Crippen LogP) is 17.5. The van der Waals surface area contributed by atoms with Crippen LogP contribution in [0.3, 0.4) is 0 Å². The van der Waals surface area contributed by atoms with Gasteiger partial charge in [-0.3, -0.25) is 4.79 Å². The average molecular weight is 1060 g/mol. The predicted molar refractivity (Wildman–Crippen MR) is 318 cm³/mol. The smallest absolute Gasteiger partial charge is 0.220 e. The Morgan fingerprint density at radius 3 is 1.04 bits per heavy atom. The molecule has 446 valence electrons. The summed E-state index contributed by atoms with van der Waals surface area (Å²) in [5.74, 6) is -0.168. The minimum Gasteiger partial charge on any atom is -0.394 e. The normalized spacial score (nSPS) is 18.8. The third kappa shape index (κ3) is 45.4. The van der Waals surface area contributed by atoms with Crippen molar-refractivity contribution in [2.24, 2.45) is 0 Å². The summed E-state index contributed by atoms with van der Waals surface area (Å²) in [5.41, 5.74) is 0. The number of hydrogen-bond acceptors (Lipinski definition) is 8. The van der Waals surface area contributed by atoms with Crippen LogP contribution in [0, 0.1) is 0 Å². The molecule has 9 nitrogen and oxygen atoms in total. The highest BCUT2D eigenvalue weighted by Crippen LogP contribution is 2.23. The lowest BCUT2D eigenvalue weighted by molar-refractivity contribution is -0.302. The summed E-state index contributed by atoms with van der Waals surface area (Å²) in [7, 11) is 0. The zero-order valence-corrected chi connectivity index (χ0v) is 49.8. The highest BCUT2D eigenvalue weighted by molar-refractivity contribution is 5.76. The summed E-state index contributed by atoms with van der Waals surface area (Å²) in [6, 6.07) is -0.801. The maximum Gasteiger partial charge on any atom is 0.220 e. The van der Waals surface area contributed by atoms with Crippen LogP contribution in [0.2, 0.25) is 0 Å². The second-order valence-corrected chi connectivity index (χ2v) is 23.6. The van der Waals surface area contributed by atoms with Gasteiger partial charge in [0.15, 0.2) is 6.29 Å². The minimum absolute atomic E-state index is 0.168. The molecule has 0 aromatic rings. The number of carbonyl (C=O) groups excluding carboxylic acids is 1. The Labute approximate surface area is 465 Å². The molecule has 1 saturated heterocycles. The van der Waals surface area contributed by atoms with Crippen molar-refractivity contribution in [2.75, 3.05) is 13.2 Å². The van der Waals surface area contributed by atoms with Gasteiger partial charge in [-0.2, -0.15) is 0 Å². The summed E-state index contributed by atoms with van der Waals surface area (Å²) in [6.07, 6.45) is 64.6. The van der Waals surface area contributed by atoms with E-state index in [1.54, 1.807) is 6.08 Å². The van der Waals surface area contributed by atoms with Gasteiger partial charge < -0.3 is 40.3 Å². The van der Waals surface area contributed by atoms with E-state index in [0.29, 0.717) is 6.42 Å². The number of carbonyl (C=O) groups is 1. The highest BCUT2D eigenvalue weighted by atomic mass is 16.7. The fraction of sp³-hybridized carbons (Fsp3) is 0.955. The van der Waals surface area contributed by atoms with E-state index in [4.69, 9.17) is 9.47 Å². The average Bonchev–Trinajstić information content (AvgIpc) is 3.41. The van der Waals surface area contributed by atoms with Gasteiger partial charge in [0.25, 0.3) is 0 Å². The van der Waals surface area contributed by atoms with Crippen molar-refractivity contribution >= 4 is 5.91 Å². The van der Waals surface area contributed by atoms with Gasteiger partial charge in [-0.1, -0.05) is 334 Å². The molecule has 0 aliphatic carbocycles. The summed E-state index contributed by atoms with van der Waals surface area (Å²) in [4.78, 5) is 13.1. The molecule has 1 amide bonds. The first kappa shape index (κ1) is 71.9. The third-order valence-corrected chi connectivity index (χ3v) is 16.4. The highest BCUT2D eigenvalue weighted by Gasteiger charge is 2.44.